The molecule has 7 nitrogen and oxygen atoms in total. The monoisotopic (exact) mass is 424 g/mol. The van der Waals surface area contributed by atoms with Crippen molar-refractivity contribution in [3.05, 3.63) is 41.6 Å². The van der Waals surface area contributed by atoms with Crippen LogP contribution in [0.1, 0.15) is 37.9 Å². The minimum absolute atomic E-state index is 0.0509. The number of nitrogens with one attached hydrogen (secondary N) is 1. The molecule has 156 valence electrons. The van der Waals surface area contributed by atoms with Gasteiger partial charge in [-0.05, 0) is 42.2 Å². The zero-order chi connectivity index (χ0) is 21.6. The summed E-state index contributed by atoms with van der Waals surface area (Å²) < 4.78 is 7.33. The van der Waals surface area contributed by atoms with Crippen molar-refractivity contribution in [3.63, 3.8) is 0 Å². The molecule has 2 aromatic heterocycles. The molecule has 30 heavy (non-hydrogen) atoms. The van der Waals surface area contributed by atoms with E-state index in [1.807, 2.05) is 19.1 Å². The topological polar surface area (TPSA) is 96.2 Å². The molecule has 0 atom stereocenters. The van der Waals surface area contributed by atoms with Crippen LogP contribution in [0.15, 0.2) is 35.5 Å². The number of nitrogens with zero attached hydrogens (tertiary/aromatic N) is 3. The number of methoxy groups -OCH3 is 1. The van der Waals surface area contributed by atoms with Gasteiger partial charge < -0.3 is 19.9 Å². The zero-order valence-corrected chi connectivity index (χ0v) is 18.2. The molecular formula is C22H24N4O3S. The third-order valence-corrected chi connectivity index (χ3v) is 5.59. The Morgan fingerprint density at radius 3 is 2.57 bits per heavy atom. The lowest BCUT2D eigenvalue weighted by atomic mass is 10.1. The van der Waals surface area contributed by atoms with Gasteiger partial charge in [-0.3, -0.25) is 4.57 Å². The number of aromatic nitrogens is 4. The van der Waals surface area contributed by atoms with E-state index in [9.17, 15) is 10.2 Å². The summed E-state index contributed by atoms with van der Waals surface area (Å²) in [5, 5.41) is 30.3. The first-order valence-electron chi connectivity index (χ1n) is 9.75. The molecule has 0 spiro atoms. The summed E-state index contributed by atoms with van der Waals surface area (Å²) in [6.07, 6.45) is 0.614. The first-order valence-corrected chi connectivity index (χ1v) is 10.2. The number of H-pyrrole nitrogens is 1. The summed E-state index contributed by atoms with van der Waals surface area (Å²) in [7, 11) is 1.64. The van der Waals surface area contributed by atoms with Gasteiger partial charge in [0, 0.05) is 17.1 Å². The van der Waals surface area contributed by atoms with Crippen molar-refractivity contribution in [2.75, 3.05) is 7.11 Å². The smallest absolute Gasteiger partial charge is 0.193 e. The number of ether oxygens (including phenoxy) is 1. The lowest BCUT2D eigenvalue weighted by Crippen LogP contribution is -2.00. The highest BCUT2D eigenvalue weighted by atomic mass is 32.1. The fourth-order valence-electron chi connectivity index (χ4n) is 3.63. The molecule has 4 rings (SSSR count). The Kier molecular flexibility index (Phi) is 5.11. The second-order valence-corrected chi connectivity index (χ2v) is 7.87. The Balaban J connectivity index is 2.00. The van der Waals surface area contributed by atoms with E-state index < -0.39 is 0 Å². The van der Waals surface area contributed by atoms with Crippen molar-refractivity contribution >= 4 is 23.5 Å². The van der Waals surface area contributed by atoms with E-state index in [0.717, 1.165) is 28.0 Å². The number of phenolic OH excluding ortho intramolecular Hbond substituents is 2. The van der Waals surface area contributed by atoms with Crippen molar-refractivity contribution < 1.29 is 14.9 Å². The lowest BCUT2D eigenvalue weighted by Gasteiger charge is -2.13. The van der Waals surface area contributed by atoms with Gasteiger partial charge in [0.2, 0.25) is 0 Å². The zero-order valence-electron chi connectivity index (χ0n) is 17.3. The minimum Gasteiger partial charge on any atom is -0.508 e. The number of aromatic amines is 1. The number of aromatic hydroxyl groups is 2. The van der Waals surface area contributed by atoms with Crippen LogP contribution in [0.4, 0.5) is 0 Å². The van der Waals surface area contributed by atoms with Crippen LogP contribution in [0.25, 0.3) is 28.0 Å². The Morgan fingerprint density at radius 2 is 1.90 bits per heavy atom. The summed E-state index contributed by atoms with van der Waals surface area (Å²) in [4.78, 5) is 3.45. The molecule has 0 aliphatic rings. The van der Waals surface area contributed by atoms with Gasteiger partial charge in [0.05, 0.1) is 23.9 Å². The molecule has 3 N–H and O–H groups in total. The predicted molar refractivity (Wildman–Crippen MR) is 119 cm³/mol. The highest BCUT2D eigenvalue weighted by molar-refractivity contribution is 7.80. The molecule has 8 heteroatoms. The molecule has 0 aliphatic heterocycles. The highest BCUT2D eigenvalue weighted by Crippen LogP contribution is 2.39. The van der Waals surface area contributed by atoms with Gasteiger partial charge in [-0.15, -0.1) is 22.8 Å². The lowest BCUT2D eigenvalue weighted by molar-refractivity contribution is 0.419. The summed E-state index contributed by atoms with van der Waals surface area (Å²) in [5.74, 6) is 1.45. The second-order valence-electron chi connectivity index (χ2n) is 7.47. The Morgan fingerprint density at radius 1 is 1.13 bits per heavy atom. The van der Waals surface area contributed by atoms with Gasteiger partial charge in [0.15, 0.2) is 11.0 Å². The molecule has 2 heterocycles. The SMILES string of the molecule is CCc1cc(-c2nnc(S)n2-c2ccc(OC)c3[nH]c(C(C)C)cc23)c(O)cc1O. The van der Waals surface area contributed by atoms with Gasteiger partial charge in [-0.25, -0.2) is 0 Å². The number of hydrogen-bond donors (Lipinski definition) is 4. The second kappa shape index (κ2) is 7.60. The summed E-state index contributed by atoms with van der Waals surface area (Å²) in [6.45, 7) is 6.17. The van der Waals surface area contributed by atoms with Crippen LogP contribution in [0, 0.1) is 0 Å². The van der Waals surface area contributed by atoms with Gasteiger partial charge >= 0.3 is 0 Å². The first kappa shape index (κ1) is 20.2. The summed E-state index contributed by atoms with van der Waals surface area (Å²) in [6, 6.07) is 8.95. The molecule has 0 aliphatic carbocycles. The molecular weight excluding hydrogens is 400 g/mol. The normalized spacial score (nSPS) is 11.5. The summed E-state index contributed by atoms with van der Waals surface area (Å²) in [5.41, 5.74) is 3.94. The molecule has 0 amide bonds. The number of thiol groups is 1. The largest absolute Gasteiger partial charge is 0.508 e. The van der Waals surface area contributed by atoms with E-state index >= 15 is 0 Å². The van der Waals surface area contributed by atoms with Crippen LogP contribution in [0.5, 0.6) is 17.2 Å². The number of hydrogen-bond acceptors (Lipinski definition) is 6. The van der Waals surface area contributed by atoms with Gasteiger partial charge in [0.25, 0.3) is 0 Å². The summed E-state index contributed by atoms with van der Waals surface area (Å²) >= 11 is 4.52. The molecule has 0 saturated carbocycles. The van der Waals surface area contributed by atoms with E-state index in [0.29, 0.717) is 34.4 Å². The molecule has 0 radical (unpaired) electrons. The van der Waals surface area contributed by atoms with E-state index in [1.165, 1.54) is 6.07 Å². The fraction of sp³-hybridized carbons (Fsp3) is 0.273. The molecule has 4 aromatic rings. The van der Waals surface area contributed by atoms with Crippen LogP contribution >= 0.6 is 12.6 Å². The molecule has 0 unspecified atom stereocenters. The van der Waals surface area contributed by atoms with Crippen molar-refractivity contribution in [3.8, 4) is 34.3 Å². The first-order chi connectivity index (χ1) is 14.3. The van der Waals surface area contributed by atoms with Crippen molar-refractivity contribution in [2.45, 2.75) is 38.3 Å². The third kappa shape index (κ3) is 3.17. The Labute approximate surface area is 179 Å². The quantitative estimate of drug-likeness (QED) is 0.345. The molecule has 0 saturated heterocycles. The van der Waals surface area contributed by atoms with E-state index in [4.69, 9.17) is 4.74 Å². The average Bonchev–Trinajstić information content (AvgIpc) is 3.32. The predicted octanol–water partition coefficient (Wildman–Crippen LogP) is 4.81. The van der Waals surface area contributed by atoms with Gasteiger partial charge in [0.1, 0.15) is 17.2 Å². The molecule has 0 fully saturated rings. The average molecular weight is 425 g/mol. The maximum absolute atomic E-state index is 10.5. The number of fused-ring (bicyclic) bond motifs is 1. The van der Waals surface area contributed by atoms with Crippen LogP contribution < -0.4 is 4.74 Å². The van der Waals surface area contributed by atoms with Crippen LogP contribution in [0.2, 0.25) is 0 Å². The molecule has 0 bridgehead atoms. The maximum Gasteiger partial charge on any atom is 0.193 e. The van der Waals surface area contributed by atoms with E-state index in [-0.39, 0.29) is 11.5 Å². The maximum atomic E-state index is 10.5. The third-order valence-electron chi connectivity index (χ3n) is 5.30. The van der Waals surface area contributed by atoms with Crippen LogP contribution in [-0.2, 0) is 6.42 Å². The number of phenols is 2. The Bertz CT molecular complexity index is 1240. The van der Waals surface area contributed by atoms with Gasteiger partial charge in [-0.1, -0.05) is 20.8 Å². The van der Waals surface area contributed by atoms with Crippen molar-refractivity contribution in [2.24, 2.45) is 0 Å². The fourth-order valence-corrected chi connectivity index (χ4v) is 3.88. The number of benzene rings is 2. The number of aryl methyl sites for hydroxylation is 1. The van der Waals surface area contributed by atoms with Gasteiger partial charge in [-0.2, -0.15) is 0 Å². The molecule has 2 aromatic carbocycles. The van der Waals surface area contributed by atoms with Crippen molar-refractivity contribution in [1.29, 1.82) is 0 Å². The minimum atomic E-state index is -0.0756. The van der Waals surface area contributed by atoms with Crippen LogP contribution in [0.3, 0.4) is 0 Å². The highest BCUT2D eigenvalue weighted by Gasteiger charge is 2.22. The Hall–Kier alpha value is -3.13. The van der Waals surface area contributed by atoms with Crippen LogP contribution in [-0.4, -0.2) is 37.1 Å². The van der Waals surface area contributed by atoms with Crippen molar-refractivity contribution in [1.82, 2.24) is 19.7 Å². The van der Waals surface area contributed by atoms with E-state index in [1.54, 1.807) is 17.7 Å². The van der Waals surface area contributed by atoms with E-state index in [2.05, 4.69) is 47.7 Å². The standard InChI is InChI=1S/C22H24N4O3S/c1-5-12-8-14(18(28)10-17(12)27)21-24-25-22(30)26(21)16-6-7-19(29-4)20-13(16)9-15(23-20)11(2)3/h6-11,23,27-28H,5H2,1-4H3,(H,25,30). The number of rotatable bonds is 5.